The fraction of sp³-hybridized carbons (Fsp3) is 0.350. The summed E-state index contributed by atoms with van der Waals surface area (Å²) in [6.07, 6.45) is 0.675. The Morgan fingerprint density at radius 2 is 1.79 bits per heavy atom. The van der Waals surface area contributed by atoms with Gasteiger partial charge >= 0.3 is 0 Å². The number of nitrogens with zero attached hydrogens (tertiary/aromatic N) is 1. The van der Waals surface area contributed by atoms with Gasteiger partial charge in [0.25, 0.3) is 0 Å². The van der Waals surface area contributed by atoms with Gasteiger partial charge in [0, 0.05) is 24.0 Å². The molecule has 1 atom stereocenters. The van der Waals surface area contributed by atoms with Crippen molar-refractivity contribution < 1.29 is 22.0 Å². The average molecular weight is 443 g/mol. The predicted molar refractivity (Wildman–Crippen MR) is 106 cm³/mol. The zero-order chi connectivity index (χ0) is 21.2. The molecule has 1 amide bonds. The molecule has 1 aliphatic heterocycles. The standard InChI is InChI=1S/C20H21ClF2N2O3S/c1-13(16-4-2-3-5-17(16)21)24-20(26)14-8-10-25(11-9-14)29(27,28)15-6-7-18(22)19(23)12-15/h2-7,12-14H,8-11H2,1H3,(H,24,26). The third-order valence-corrected chi connectivity index (χ3v) is 7.32. The van der Waals surface area contributed by atoms with E-state index in [1.807, 2.05) is 25.1 Å². The lowest BCUT2D eigenvalue weighted by Gasteiger charge is -2.31. The van der Waals surface area contributed by atoms with Crippen LogP contribution in [0.3, 0.4) is 0 Å². The first kappa shape index (κ1) is 21.7. The second kappa shape index (κ2) is 8.77. The van der Waals surface area contributed by atoms with Crippen molar-refractivity contribution in [1.29, 1.82) is 0 Å². The van der Waals surface area contributed by atoms with Crippen molar-refractivity contribution in [3.8, 4) is 0 Å². The zero-order valence-electron chi connectivity index (χ0n) is 15.7. The Morgan fingerprint density at radius 1 is 1.14 bits per heavy atom. The number of carbonyl (C=O) groups is 1. The summed E-state index contributed by atoms with van der Waals surface area (Å²) >= 11 is 6.16. The first-order valence-corrected chi connectivity index (χ1v) is 11.0. The van der Waals surface area contributed by atoms with Crippen LogP contribution in [0.1, 0.15) is 31.4 Å². The SMILES string of the molecule is CC(NC(=O)C1CCN(S(=O)(=O)c2ccc(F)c(F)c2)CC1)c1ccccc1Cl. The first-order chi connectivity index (χ1) is 13.7. The number of sulfonamides is 1. The van der Waals surface area contributed by atoms with Gasteiger partial charge in [-0.1, -0.05) is 29.8 Å². The topological polar surface area (TPSA) is 66.5 Å². The van der Waals surface area contributed by atoms with Gasteiger partial charge in [-0.15, -0.1) is 0 Å². The Balaban J connectivity index is 1.61. The minimum atomic E-state index is -3.94. The maximum atomic E-state index is 13.4. The smallest absolute Gasteiger partial charge is 0.243 e. The number of nitrogens with one attached hydrogen (secondary N) is 1. The number of carbonyl (C=O) groups excluding carboxylic acids is 1. The molecule has 156 valence electrons. The van der Waals surface area contributed by atoms with Crippen LogP contribution in [0, 0.1) is 17.6 Å². The van der Waals surface area contributed by atoms with Crippen LogP contribution in [0.5, 0.6) is 0 Å². The molecule has 1 fully saturated rings. The van der Waals surface area contributed by atoms with Crippen molar-refractivity contribution in [1.82, 2.24) is 9.62 Å². The van der Waals surface area contributed by atoms with Crippen LogP contribution >= 0.6 is 11.6 Å². The Hall–Kier alpha value is -2.03. The van der Waals surface area contributed by atoms with Crippen molar-refractivity contribution in [2.45, 2.75) is 30.7 Å². The Kier molecular flexibility index (Phi) is 6.55. The number of piperidine rings is 1. The van der Waals surface area contributed by atoms with Crippen LogP contribution < -0.4 is 5.32 Å². The van der Waals surface area contributed by atoms with E-state index < -0.39 is 21.7 Å². The molecular formula is C20H21ClF2N2O3S. The second-order valence-corrected chi connectivity index (χ2v) is 9.35. The van der Waals surface area contributed by atoms with Gasteiger partial charge in [-0.05, 0) is 49.6 Å². The van der Waals surface area contributed by atoms with Crippen molar-refractivity contribution >= 4 is 27.5 Å². The molecule has 0 spiro atoms. The molecule has 1 saturated heterocycles. The molecule has 1 aliphatic rings. The Morgan fingerprint density at radius 3 is 2.41 bits per heavy atom. The Labute approximate surface area is 173 Å². The van der Waals surface area contributed by atoms with Crippen LogP contribution in [-0.4, -0.2) is 31.7 Å². The number of rotatable bonds is 5. The first-order valence-electron chi connectivity index (χ1n) is 9.20. The van der Waals surface area contributed by atoms with E-state index in [1.165, 1.54) is 4.31 Å². The van der Waals surface area contributed by atoms with Crippen LogP contribution in [0.25, 0.3) is 0 Å². The molecule has 2 aromatic rings. The van der Waals surface area contributed by atoms with E-state index in [2.05, 4.69) is 5.32 Å². The molecule has 0 bridgehead atoms. The molecule has 0 aromatic heterocycles. The van der Waals surface area contributed by atoms with Gasteiger partial charge in [0.15, 0.2) is 11.6 Å². The molecule has 0 aliphatic carbocycles. The van der Waals surface area contributed by atoms with Crippen LogP contribution in [0.4, 0.5) is 8.78 Å². The maximum absolute atomic E-state index is 13.4. The number of amides is 1. The highest BCUT2D eigenvalue weighted by Crippen LogP contribution is 2.27. The summed E-state index contributed by atoms with van der Waals surface area (Å²) in [5, 5.41) is 3.49. The summed E-state index contributed by atoms with van der Waals surface area (Å²) in [5.74, 6) is -2.82. The fourth-order valence-corrected chi connectivity index (χ4v) is 5.16. The van der Waals surface area contributed by atoms with Crippen LogP contribution in [-0.2, 0) is 14.8 Å². The van der Waals surface area contributed by atoms with Gasteiger partial charge in [0.05, 0.1) is 10.9 Å². The largest absolute Gasteiger partial charge is 0.349 e. The molecule has 1 unspecified atom stereocenters. The normalized spacial score (nSPS) is 17.1. The minimum absolute atomic E-state index is 0.125. The second-order valence-electron chi connectivity index (χ2n) is 7.01. The summed E-state index contributed by atoms with van der Waals surface area (Å²) in [5.41, 5.74) is 0.806. The summed E-state index contributed by atoms with van der Waals surface area (Å²) in [6.45, 7) is 2.08. The summed E-state index contributed by atoms with van der Waals surface area (Å²) in [6, 6.07) is 9.46. The highest BCUT2D eigenvalue weighted by atomic mass is 35.5. The molecule has 5 nitrogen and oxygen atoms in total. The molecule has 2 aromatic carbocycles. The van der Waals surface area contributed by atoms with Gasteiger partial charge in [-0.2, -0.15) is 4.31 Å². The van der Waals surface area contributed by atoms with Gasteiger partial charge in [-0.25, -0.2) is 17.2 Å². The average Bonchev–Trinajstić information content (AvgIpc) is 2.70. The molecule has 9 heteroatoms. The fourth-order valence-electron chi connectivity index (χ4n) is 3.38. The molecule has 3 rings (SSSR count). The lowest BCUT2D eigenvalue weighted by Crippen LogP contribution is -2.43. The highest BCUT2D eigenvalue weighted by Gasteiger charge is 2.33. The van der Waals surface area contributed by atoms with E-state index in [1.54, 1.807) is 6.07 Å². The molecular weight excluding hydrogens is 422 g/mol. The van der Waals surface area contributed by atoms with Crippen LogP contribution in [0.2, 0.25) is 5.02 Å². The molecule has 0 saturated carbocycles. The predicted octanol–water partition coefficient (Wildman–Crippen LogP) is 3.90. The number of halogens is 3. The lowest BCUT2D eigenvalue weighted by atomic mass is 9.96. The maximum Gasteiger partial charge on any atom is 0.243 e. The molecule has 1 heterocycles. The summed E-state index contributed by atoms with van der Waals surface area (Å²) < 4.78 is 53.0. The van der Waals surface area contributed by atoms with E-state index in [4.69, 9.17) is 11.6 Å². The monoisotopic (exact) mass is 442 g/mol. The molecule has 1 N–H and O–H groups in total. The van der Waals surface area contributed by atoms with Gasteiger partial charge in [-0.3, -0.25) is 4.79 Å². The molecule has 0 radical (unpaired) electrons. The molecule has 29 heavy (non-hydrogen) atoms. The third kappa shape index (κ3) is 4.76. The lowest BCUT2D eigenvalue weighted by molar-refractivity contribution is -0.126. The van der Waals surface area contributed by atoms with E-state index in [0.29, 0.717) is 23.9 Å². The van der Waals surface area contributed by atoms with Crippen molar-refractivity contribution in [3.63, 3.8) is 0 Å². The number of benzene rings is 2. The van der Waals surface area contributed by atoms with E-state index in [0.717, 1.165) is 17.7 Å². The number of hydrogen-bond acceptors (Lipinski definition) is 3. The quantitative estimate of drug-likeness (QED) is 0.763. The zero-order valence-corrected chi connectivity index (χ0v) is 17.3. The van der Waals surface area contributed by atoms with Gasteiger partial charge in [0.1, 0.15) is 0 Å². The third-order valence-electron chi connectivity index (χ3n) is 5.08. The van der Waals surface area contributed by atoms with Crippen molar-refractivity contribution in [2.24, 2.45) is 5.92 Å². The van der Waals surface area contributed by atoms with Crippen molar-refractivity contribution in [3.05, 3.63) is 64.7 Å². The van der Waals surface area contributed by atoms with Gasteiger partial charge in [0.2, 0.25) is 15.9 Å². The number of hydrogen-bond donors (Lipinski definition) is 1. The highest BCUT2D eigenvalue weighted by molar-refractivity contribution is 7.89. The van der Waals surface area contributed by atoms with Gasteiger partial charge < -0.3 is 5.32 Å². The van der Waals surface area contributed by atoms with Crippen molar-refractivity contribution in [2.75, 3.05) is 13.1 Å². The van der Waals surface area contributed by atoms with Crippen LogP contribution in [0.15, 0.2) is 47.4 Å². The summed E-state index contributed by atoms with van der Waals surface area (Å²) in [7, 11) is -3.94. The minimum Gasteiger partial charge on any atom is -0.349 e. The van der Waals surface area contributed by atoms with E-state index in [-0.39, 0.29) is 35.9 Å². The summed E-state index contributed by atoms with van der Waals surface area (Å²) in [4.78, 5) is 12.3. The Bertz CT molecular complexity index is 1010. The van der Waals surface area contributed by atoms with E-state index >= 15 is 0 Å². The van der Waals surface area contributed by atoms with E-state index in [9.17, 15) is 22.0 Å².